The lowest BCUT2D eigenvalue weighted by Crippen LogP contribution is -2.55. The molecule has 0 saturated heterocycles. The lowest BCUT2D eigenvalue weighted by molar-refractivity contribution is -0.143. The van der Waals surface area contributed by atoms with Crippen molar-refractivity contribution < 1.29 is 9.90 Å². The van der Waals surface area contributed by atoms with Gasteiger partial charge in [0.25, 0.3) is 0 Å². The van der Waals surface area contributed by atoms with E-state index in [4.69, 9.17) is 0 Å². The molecule has 106 valence electrons. The molecule has 0 aliphatic heterocycles. The highest BCUT2D eigenvalue weighted by Gasteiger charge is 2.46. The van der Waals surface area contributed by atoms with Gasteiger partial charge in [0, 0.05) is 5.54 Å². The van der Waals surface area contributed by atoms with Gasteiger partial charge in [-0.3, -0.25) is 9.69 Å². The maximum atomic E-state index is 11.3. The molecule has 1 fully saturated rings. The highest BCUT2D eigenvalue weighted by Crippen LogP contribution is 2.48. The second-order valence-electron chi connectivity index (χ2n) is 6.82. The van der Waals surface area contributed by atoms with Crippen molar-refractivity contribution in [3.05, 3.63) is 0 Å². The molecule has 1 saturated carbocycles. The van der Waals surface area contributed by atoms with Gasteiger partial charge in [-0.15, -0.1) is 0 Å². The van der Waals surface area contributed by atoms with Gasteiger partial charge in [0.2, 0.25) is 0 Å². The summed E-state index contributed by atoms with van der Waals surface area (Å²) in [6, 6.07) is 0. The Labute approximate surface area is 112 Å². The molecule has 1 aliphatic rings. The van der Waals surface area contributed by atoms with Gasteiger partial charge in [-0.25, -0.2) is 0 Å². The van der Waals surface area contributed by atoms with Crippen molar-refractivity contribution in [1.82, 2.24) is 4.90 Å². The van der Waals surface area contributed by atoms with Crippen LogP contribution in [-0.2, 0) is 4.79 Å². The van der Waals surface area contributed by atoms with Gasteiger partial charge < -0.3 is 5.11 Å². The fourth-order valence-electron chi connectivity index (χ4n) is 4.36. The number of rotatable bonds is 5. The Morgan fingerprint density at radius 3 is 2.22 bits per heavy atom. The average molecular weight is 255 g/mol. The van der Waals surface area contributed by atoms with Crippen molar-refractivity contribution in [1.29, 1.82) is 0 Å². The molecule has 1 rings (SSSR count). The van der Waals surface area contributed by atoms with Crippen LogP contribution in [0.3, 0.4) is 0 Å². The van der Waals surface area contributed by atoms with Gasteiger partial charge in [0.1, 0.15) is 0 Å². The lowest BCUT2D eigenvalue weighted by atomic mass is 9.62. The molecule has 0 aromatic carbocycles. The molecule has 0 heterocycles. The first-order chi connectivity index (χ1) is 8.24. The van der Waals surface area contributed by atoms with E-state index in [2.05, 4.69) is 39.5 Å². The zero-order valence-electron chi connectivity index (χ0n) is 12.6. The smallest absolute Gasteiger partial charge is 0.305 e. The molecule has 2 atom stereocenters. The topological polar surface area (TPSA) is 40.5 Å². The van der Waals surface area contributed by atoms with Crippen LogP contribution in [0.25, 0.3) is 0 Å². The van der Waals surface area contributed by atoms with Crippen molar-refractivity contribution in [2.45, 2.75) is 65.8 Å². The van der Waals surface area contributed by atoms with Crippen LogP contribution in [0.5, 0.6) is 0 Å². The second kappa shape index (κ2) is 5.60. The maximum absolute atomic E-state index is 11.3. The monoisotopic (exact) mass is 255 g/mol. The second-order valence-corrected chi connectivity index (χ2v) is 6.82. The number of carboxylic acid groups (broad SMARTS) is 1. The Kier molecular flexibility index (Phi) is 4.82. The van der Waals surface area contributed by atoms with E-state index in [1.54, 1.807) is 0 Å². The van der Waals surface area contributed by atoms with Crippen LogP contribution in [0, 0.1) is 11.3 Å². The predicted molar refractivity (Wildman–Crippen MR) is 74.7 cm³/mol. The first kappa shape index (κ1) is 15.5. The van der Waals surface area contributed by atoms with Gasteiger partial charge in [-0.05, 0) is 43.7 Å². The average Bonchev–Trinajstić information content (AvgIpc) is 2.13. The largest absolute Gasteiger partial charge is 0.481 e. The van der Waals surface area contributed by atoms with Crippen molar-refractivity contribution in [3.63, 3.8) is 0 Å². The van der Waals surface area contributed by atoms with Gasteiger partial charge in [0.15, 0.2) is 0 Å². The molecular formula is C15H29NO2. The van der Waals surface area contributed by atoms with Crippen LogP contribution in [-0.4, -0.2) is 34.6 Å². The van der Waals surface area contributed by atoms with E-state index in [0.717, 1.165) is 25.9 Å². The van der Waals surface area contributed by atoms with Crippen LogP contribution in [0.1, 0.15) is 60.3 Å². The molecule has 0 radical (unpaired) electrons. The van der Waals surface area contributed by atoms with Gasteiger partial charge in [-0.1, -0.05) is 34.6 Å². The van der Waals surface area contributed by atoms with Crippen LogP contribution in [0.15, 0.2) is 0 Å². The van der Waals surface area contributed by atoms with E-state index in [1.165, 1.54) is 6.42 Å². The highest BCUT2D eigenvalue weighted by atomic mass is 16.4. The summed E-state index contributed by atoms with van der Waals surface area (Å²) in [5.41, 5.74) is 0.103. The summed E-state index contributed by atoms with van der Waals surface area (Å²) < 4.78 is 0. The molecule has 1 aliphatic carbocycles. The SMILES string of the molecule is CCN(CC)C1(CC(=O)O)CC(C)CC(C)(C)C1. The van der Waals surface area contributed by atoms with E-state index >= 15 is 0 Å². The number of carboxylic acids is 1. The van der Waals surface area contributed by atoms with E-state index in [1.807, 2.05) is 0 Å². The van der Waals surface area contributed by atoms with Crippen molar-refractivity contribution in [2.24, 2.45) is 11.3 Å². The predicted octanol–water partition coefficient (Wildman–Crippen LogP) is 3.39. The minimum atomic E-state index is -0.660. The summed E-state index contributed by atoms with van der Waals surface area (Å²) in [6.45, 7) is 13.0. The zero-order valence-corrected chi connectivity index (χ0v) is 12.6. The lowest BCUT2D eigenvalue weighted by Gasteiger charge is -2.52. The fraction of sp³-hybridized carbons (Fsp3) is 0.933. The first-order valence-electron chi connectivity index (χ1n) is 7.21. The number of hydrogen-bond donors (Lipinski definition) is 1. The molecule has 3 heteroatoms. The molecule has 0 amide bonds. The van der Waals surface area contributed by atoms with E-state index in [9.17, 15) is 9.90 Å². The Morgan fingerprint density at radius 1 is 1.28 bits per heavy atom. The molecule has 0 spiro atoms. The summed E-state index contributed by atoms with van der Waals surface area (Å²) in [5.74, 6) is -0.0551. The van der Waals surface area contributed by atoms with Crippen molar-refractivity contribution in [3.8, 4) is 0 Å². The van der Waals surface area contributed by atoms with Crippen LogP contribution < -0.4 is 0 Å². The third kappa shape index (κ3) is 3.47. The molecule has 3 nitrogen and oxygen atoms in total. The molecule has 18 heavy (non-hydrogen) atoms. The maximum Gasteiger partial charge on any atom is 0.305 e. The molecule has 0 aromatic heterocycles. The van der Waals surface area contributed by atoms with Crippen LogP contribution in [0.4, 0.5) is 0 Å². The van der Waals surface area contributed by atoms with E-state index in [0.29, 0.717) is 5.92 Å². The molecular weight excluding hydrogens is 226 g/mol. The van der Waals surface area contributed by atoms with Crippen LogP contribution in [0.2, 0.25) is 0 Å². The summed E-state index contributed by atoms with van der Waals surface area (Å²) in [5, 5.41) is 9.30. The summed E-state index contributed by atoms with van der Waals surface area (Å²) in [6.07, 6.45) is 3.50. The summed E-state index contributed by atoms with van der Waals surface area (Å²) in [7, 11) is 0. The normalized spacial score (nSPS) is 31.6. The number of carbonyl (C=O) groups is 1. The summed E-state index contributed by atoms with van der Waals surface area (Å²) in [4.78, 5) is 13.7. The molecule has 2 unspecified atom stereocenters. The van der Waals surface area contributed by atoms with Gasteiger partial charge in [0.05, 0.1) is 6.42 Å². The Morgan fingerprint density at radius 2 is 1.83 bits per heavy atom. The standard InChI is InChI=1S/C15H29NO2/c1-6-16(7-2)15(10-13(17)18)9-12(3)8-14(4,5)11-15/h12H,6-11H2,1-5H3,(H,17,18). The van der Waals surface area contributed by atoms with Crippen molar-refractivity contribution in [2.75, 3.05) is 13.1 Å². The molecule has 0 aromatic rings. The fourth-order valence-corrected chi connectivity index (χ4v) is 4.36. The Balaban J connectivity index is 3.06. The van der Waals surface area contributed by atoms with Gasteiger partial charge in [-0.2, -0.15) is 0 Å². The number of hydrogen-bond acceptors (Lipinski definition) is 2. The third-order valence-corrected chi connectivity index (χ3v) is 4.35. The van der Waals surface area contributed by atoms with E-state index < -0.39 is 5.97 Å². The van der Waals surface area contributed by atoms with Gasteiger partial charge >= 0.3 is 5.97 Å². The molecule has 1 N–H and O–H groups in total. The number of aliphatic carboxylic acids is 1. The first-order valence-corrected chi connectivity index (χ1v) is 7.21. The summed E-state index contributed by atoms with van der Waals surface area (Å²) >= 11 is 0. The third-order valence-electron chi connectivity index (χ3n) is 4.35. The Bertz CT molecular complexity index is 297. The minimum absolute atomic E-state index is 0.142. The minimum Gasteiger partial charge on any atom is -0.481 e. The zero-order chi connectivity index (χ0) is 14.0. The number of nitrogens with zero attached hydrogens (tertiary/aromatic N) is 1. The Hall–Kier alpha value is -0.570. The van der Waals surface area contributed by atoms with E-state index in [-0.39, 0.29) is 17.4 Å². The quantitative estimate of drug-likeness (QED) is 0.818. The van der Waals surface area contributed by atoms with Crippen LogP contribution >= 0.6 is 0 Å². The highest BCUT2D eigenvalue weighted by molar-refractivity contribution is 5.68. The molecule has 0 bridgehead atoms. The van der Waals surface area contributed by atoms with Crippen molar-refractivity contribution >= 4 is 5.97 Å².